The summed E-state index contributed by atoms with van der Waals surface area (Å²) in [6, 6.07) is 5.01. The van der Waals surface area contributed by atoms with E-state index in [9.17, 15) is 8.42 Å². The van der Waals surface area contributed by atoms with E-state index in [1.165, 1.54) is 0 Å². The molecule has 0 unspecified atom stereocenters. The Bertz CT molecular complexity index is 579. The maximum Gasteiger partial charge on any atom is 0.242 e. The fraction of sp³-hybridized carbons (Fsp3) is 0.571. The average molecular weight is 405 g/mol. The Morgan fingerprint density at radius 1 is 1.26 bits per heavy atom. The molecule has 1 aromatic carbocycles. The highest BCUT2D eigenvalue weighted by molar-refractivity contribution is 7.89. The van der Waals surface area contributed by atoms with E-state index in [0.717, 1.165) is 44.7 Å². The lowest BCUT2D eigenvalue weighted by Gasteiger charge is -2.27. The summed E-state index contributed by atoms with van der Waals surface area (Å²) in [5.41, 5.74) is 0.876. The van der Waals surface area contributed by atoms with E-state index >= 15 is 0 Å². The van der Waals surface area contributed by atoms with Gasteiger partial charge in [0.15, 0.2) is 0 Å². The highest BCUT2D eigenvalue weighted by atomic mass is 35.5. The second kappa shape index (κ2) is 10.7. The van der Waals surface area contributed by atoms with Crippen LogP contribution in [-0.2, 0) is 10.0 Å². The molecule has 0 atom stereocenters. The number of halogens is 3. The number of aryl methyl sites for hydroxylation is 1. The molecule has 5 nitrogen and oxygen atoms in total. The molecule has 1 aliphatic heterocycles. The van der Waals surface area contributed by atoms with Gasteiger partial charge in [0, 0.05) is 32.7 Å². The minimum atomic E-state index is -3.53. The van der Waals surface area contributed by atoms with Crippen LogP contribution in [0, 0.1) is 6.92 Å². The average Bonchev–Trinajstić information content (AvgIpc) is 2.47. The number of rotatable bonds is 6. The van der Waals surface area contributed by atoms with Crippen LogP contribution in [0.3, 0.4) is 0 Å². The third kappa shape index (κ3) is 7.13. The maximum atomic E-state index is 12.2. The molecule has 1 heterocycles. The molecule has 2 N–H and O–H groups in total. The van der Waals surface area contributed by atoms with E-state index in [0.29, 0.717) is 6.54 Å². The molecule has 23 heavy (non-hydrogen) atoms. The fourth-order valence-corrected chi connectivity index (χ4v) is 3.99. The van der Waals surface area contributed by atoms with Crippen LogP contribution in [0.25, 0.3) is 0 Å². The molecule has 0 amide bonds. The number of benzene rings is 1. The van der Waals surface area contributed by atoms with Crippen molar-refractivity contribution in [2.75, 3.05) is 39.3 Å². The van der Waals surface area contributed by atoms with Gasteiger partial charge in [-0.1, -0.05) is 17.7 Å². The van der Waals surface area contributed by atoms with Crippen LogP contribution < -0.4 is 10.0 Å². The number of piperazine rings is 1. The summed E-state index contributed by atoms with van der Waals surface area (Å²) in [7, 11) is -3.53. The minimum Gasteiger partial charge on any atom is -0.314 e. The fourth-order valence-electron chi connectivity index (χ4n) is 2.34. The van der Waals surface area contributed by atoms with Gasteiger partial charge in [-0.25, -0.2) is 13.1 Å². The number of hydrogen-bond donors (Lipinski definition) is 2. The van der Waals surface area contributed by atoms with E-state index in [-0.39, 0.29) is 34.7 Å². The third-order valence-corrected chi connectivity index (χ3v) is 5.47. The smallest absolute Gasteiger partial charge is 0.242 e. The third-order valence-electron chi connectivity index (χ3n) is 3.53. The van der Waals surface area contributed by atoms with Gasteiger partial charge >= 0.3 is 0 Å². The standard InChI is InChI=1S/C14H22ClN3O2S.2ClH/c1-12-3-4-13(15)14(11-12)21(19,20)17-5-2-8-18-9-6-16-7-10-18;;/h3-4,11,16-17H,2,5-10H2,1H3;2*1H. The summed E-state index contributed by atoms with van der Waals surface area (Å²) in [4.78, 5) is 2.50. The normalized spacial score (nSPS) is 15.6. The predicted octanol–water partition coefficient (Wildman–Crippen LogP) is 2.07. The Hall–Kier alpha value is -0.0800. The zero-order valence-electron chi connectivity index (χ0n) is 13.0. The summed E-state index contributed by atoms with van der Waals surface area (Å²) >= 11 is 5.98. The maximum absolute atomic E-state index is 12.2. The Labute approximate surface area is 156 Å². The molecule has 1 fully saturated rings. The first kappa shape index (κ1) is 22.9. The van der Waals surface area contributed by atoms with Gasteiger partial charge < -0.3 is 10.2 Å². The van der Waals surface area contributed by atoms with Gasteiger partial charge in [0.25, 0.3) is 0 Å². The van der Waals surface area contributed by atoms with Crippen molar-refractivity contribution in [3.8, 4) is 0 Å². The molecular formula is C14H24Cl3N3O2S. The van der Waals surface area contributed by atoms with Gasteiger partial charge in [0.2, 0.25) is 10.0 Å². The first-order chi connectivity index (χ1) is 9.99. The number of nitrogens with zero attached hydrogens (tertiary/aromatic N) is 1. The van der Waals surface area contributed by atoms with Gasteiger partial charge in [0.1, 0.15) is 4.90 Å². The Morgan fingerprint density at radius 2 is 1.91 bits per heavy atom. The van der Waals surface area contributed by atoms with Crippen LogP contribution in [0.1, 0.15) is 12.0 Å². The molecule has 2 rings (SSSR count). The topological polar surface area (TPSA) is 61.4 Å². The lowest BCUT2D eigenvalue weighted by molar-refractivity contribution is 0.239. The molecule has 1 aliphatic rings. The van der Waals surface area contributed by atoms with Crippen LogP contribution in [0.5, 0.6) is 0 Å². The van der Waals surface area contributed by atoms with Crippen molar-refractivity contribution < 1.29 is 8.42 Å². The van der Waals surface area contributed by atoms with Crippen molar-refractivity contribution in [1.29, 1.82) is 0 Å². The quantitative estimate of drug-likeness (QED) is 0.713. The lowest BCUT2D eigenvalue weighted by atomic mass is 10.2. The van der Waals surface area contributed by atoms with Crippen molar-refractivity contribution in [3.63, 3.8) is 0 Å². The molecule has 0 bridgehead atoms. The minimum absolute atomic E-state index is 0. The molecular weight excluding hydrogens is 381 g/mol. The summed E-state index contributed by atoms with van der Waals surface area (Å²) < 4.78 is 27.1. The van der Waals surface area contributed by atoms with Crippen molar-refractivity contribution in [2.45, 2.75) is 18.2 Å². The van der Waals surface area contributed by atoms with E-state index in [1.54, 1.807) is 18.2 Å². The van der Waals surface area contributed by atoms with E-state index in [1.807, 2.05) is 6.92 Å². The lowest BCUT2D eigenvalue weighted by Crippen LogP contribution is -2.44. The first-order valence-electron chi connectivity index (χ1n) is 7.18. The SMILES string of the molecule is Cc1ccc(Cl)c(S(=O)(=O)NCCCN2CCNCC2)c1.Cl.Cl. The van der Waals surface area contributed by atoms with Crippen LogP contribution >= 0.6 is 36.4 Å². The van der Waals surface area contributed by atoms with Crippen LogP contribution in [-0.4, -0.2) is 52.6 Å². The van der Waals surface area contributed by atoms with E-state index < -0.39 is 10.0 Å². The number of nitrogens with one attached hydrogen (secondary N) is 2. The van der Waals surface area contributed by atoms with Crippen molar-refractivity contribution in [2.24, 2.45) is 0 Å². The number of sulfonamides is 1. The Morgan fingerprint density at radius 3 is 2.57 bits per heavy atom. The molecule has 0 saturated carbocycles. The van der Waals surface area contributed by atoms with Gasteiger partial charge in [0.05, 0.1) is 5.02 Å². The second-order valence-corrected chi connectivity index (χ2v) is 7.42. The number of hydrogen-bond acceptors (Lipinski definition) is 4. The van der Waals surface area contributed by atoms with E-state index in [2.05, 4.69) is 14.9 Å². The second-order valence-electron chi connectivity index (χ2n) is 5.28. The Kier molecular flexibility index (Phi) is 10.7. The zero-order valence-corrected chi connectivity index (χ0v) is 16.3. The van der Waals surface area contributed by atoms with Gasteiger partial charge in [-0.05, 0) is 37.6 Å². The highest BCUT2D eigenvalue weighted by Crippen LogP contribution is 2.22. The van der Waals surface area contributed by atoms with Crippen molar-refractivity contribution in [3.05, 3.63) is 28.8 Å². The van der Waals surface area contributed by atoms with E-state index in [4.69, 9.17) is 11.6 Å². The van der Waals surface area contributed by atoms with Gasteiger partial charge in [-0.15, -0.1) is 24.8 Å². The molecule has 1 aromatic rings. The first-order valence-corrected chi connectivity index (χ1v) is 9.04. The monoisotopic (exact) mass is 403 g/mol. The van der Waals surface area contributed by atoms with Crippen molar-refractivity contribution >= 4 is 46.4 Å². The molecule has 0 radical (unpaired) electrons. The van der Waals surface area contributed by atoms with Gasteiger partial charge in [-0.3, -0.25) is 0 Å². The highest BCUT2D eigenvalue weighted by Gasteiger charge is 2.17. The largest absolute Gasteiger partial charge is 0.314 e. The van der Waals surface area contributed by atoms with Crippen LogP contribution in [0.4, 0.5) is 0 Å². The predicted molar refractivity (Wildman–Crippen MR) is 99.8 cm³/mol. The molecule has 9 heteroatoms. The van der Waals surface area contributed by atoms with Crippen LogP contribution in [0.2, 0.25) is 5.02 Å². The Balaban J connectivity index is 0.00000242. The molecule has 0 aliphatic carbocycles. The zero-order chi connectivity index (χ0) is 15.3. The molecule has 134 valence electrons. The summed E-state index contributed by atoms with van der Waals surface area (Å²) in [5.74, 6) is 0. The molecule has 0 spiro atoms. The summed E-state index contributed by atoms with van der Waals surface area (Å²) in [6.07, 6.45) is 0.794. The molecule has 1 saturated heterocycles. The summed E-state index contributed by atoms with van der Waals surface area (Å²) in [6.45, 7) is 7.24. The van der Waals surface area contributed by atoms with Crippen molar-refractivity contribution in [1.82, 2.24) is 14.9 Å². The van der Waals surface area contributed by atoms with Gasteiger partial charge in [-0.2, -0.15) is 0 Å². The van der Waals surface area contributed by atoms with Crippen LogP contribution in [0.15, 0.2) is 23.1 Å². The molecule has 0 aromatic heterocycles. The summed E-state index contributed by atoms with van der Waals surface area (Å²) in [5, 5.41) is 3.55.